The minimum Gasteiger partial charge on any atom is -0.360 e. The fourth-order valence-corrected chi connectivity index (χ4v) is 7.91. The minimum absolute atomic E-state index is 0.115. The molecule has 1 aliphatic heterocycles. The fourth-order valence-electron chi connectivity index (χ4n) is 7.91. The summed E-state index contributed by atoms with van der Waals surface area (Å²) in [6.07, 6.45) is 1.86. The Labute approximate surface area is 298 Å². The molecule has 4 heteroatoms. The molecule has 0 amide bonds. The van der Waals surface area contributed by atoms with Crippen molar-refractivity contribution >= 4 is 55.0 Å². The number of hydrogen-bond acceptors (Lipinski definition) is 2. The summed E-state index contributed by atoms with van der Waals surface area (Å²) in [5, 5.41) is 8.77. The molecule has 7 aromatic carbocycles. The Hall–Kier alpha value is -6.52. The quantitative estimate of drug-likeness (QED) is 0.190. The lowest BCUT2D eigenvalue weighted by Crippen LogP contribution is -2.23. The second-order valence-corrected chi connectivity index (χ2v) is 13.2. The van der Waals surface area contributed by atoms with Crippen molar-refractivity contribution in [1.82, 2.24) is 9.13 Å². The maximum atomic E-state index is 3.71. The van der Waals surface area contributed by atoms with Crippen LogP contribution in [0.1, 0.15) is 18.7 Å². The third kappa shape index (κ3) is 4.91. The normalized spacial score (nSPS) is 13.7. The summed E-state index contributed by atoms with van der Waals surface area (Å²) in [5.74, 6) is 0. The van der Waals surface area contributed by atoms with Crippen LogP contribution in [0.25, 0.3) is 66.1 Å². The zero-order valence-corrected chi connectivity index (χ0v) is 28.8. The Balaban J connectivity index is 0.00000112. The Bertz CT molecular complexity index is 2720. The van der Waals surface area contributed by atoms with Crippen molar-refractivity contribution in [3.05, 3.63) is 182 Å². The van der Waals surface area contributed by atoms with Gasteiger partial charge in [0, 0.05) is 40.0 Å². The largest absolute Gasteiger partial charge is 0.360 e. The Morgan fingerprint density at radius 3 is 1.94 bits per heavy atom. The number of para-hydroxylation sites is 3. The van der Waals surface area contributed by atoms with Crippen LogP contribution in [-0.4, -0.2) is 16.2 Å². The molecule has 1 unspecified atom stereocenters. The summed E-state index contributed by atoms with van der Waals surface area (Å²) in [6, 6.07) is 59.4. The number of nitrogens with one attached hydrogen (secondary N) is 1. The van der Waals surface area contributed by atoms with Gasteiger partial charge < -0.3 is 19.4 Å². The van der Waals surface area contributed by atoms with E-state index >= 15 is 0 Å². The zero-order valence-electron chi connectivity index (χ0n) is 28.8. The van der Waals surface area contributed by atoms with Crippen LogP contribution in [-0.2, 0) is 0 Å². The molecule has 0 aliphatic carbocycles. The number of benzene rings is 7. The van der Waals surface area contributed by atoms with E-state index in [2.05, 4.69) is 197 Å². The highest BCUT2D eigenvalue weighted by molar-refractivity contribution is 6.26. The minimum atomic E-state index is 0.115. The molecule has 0 fully saturated rings. The standard InChI is InChI=1S/C44H32N4.C3H6/c1-46-41-28-31(23-25-37(41)45-44(46)29-13-4-2-5-14-29)30-15-12-18-33(27-30)47-39-22-11-9-20-36(39)42-40(47)26-24-35-34-19-8-10-21-38(34)48(43(35)42)32-16-6-3-7-17-32;1-3-2/h2-28,44-45H,1H3;3H,1H2,2H3. The van der Waals surface area contributed by atoms with E-state index in [1.807, 2.05) is 6.92 Å². The van der Waals surface area contributed by atoms with Crippen LogP contribution >= 0.6 is 0 Å². The average molecular weight is 659 g/mol. The van der Waals surface area contributed by atoms with Gasteiger partial charge in [-0.25, -0.2) is 0 Å². The maximum absolute atomic E-state index is 3.71. The fraction of sp³-hybridized carbons (Fsp3) is 0.0638. The van der Waals surface area contributed by atoms with Crippen LogP contribution in [0, 0.1) is 0 Å². The summed E-state index contributed by atoms with van der Waals surface area (Å²) >= 11 is 0. The van der Waals surface area contributed by atoms with Crippen LogP contribution in [0.3, 0.4) is 0 Å². The summed E-state index contributed by atoms with van der Waals surface area (Å²) < 4.78 is 4.88. The van der Waals surface area contributed by atoms with E-state index in [0.717, 1.165) is 11.4 Å². The third-order valence-corrected chi connectivity index (χ3v) is 10.1. The average Bonchev–Trinajstić information content (AvgIpc) is 3.83. The van der Waals surface area contributed by atoms with E-state index in [4.69, 9.17) is 0 Å². The van der Waals surface area contributed by atoms with Gasteiger partial charge in [-0.15, -0.1) is 6.58 Å². The molecule has 0 spiro atoms. The van der Waals surface area contributed by atoms with Gasteiger partial charge >= 0.3 is 0 Å². The highest BCUT2D eigenvalue weighted by atomic mass is 15.3. The van der Waals surface area contributed by atoms with Crippen LogP contribution < -0.4 is 10.2 Å². The van der Waals surface area contributed by atoms with Gasteiger partial charge in [0.1, 0.15) is 6.17 Å². The predicted molar refractivity (Wildman–Crippen MR) is 218 cm³/mol. The number of fused-ring (bicyclic) bond motifs is 8. The molecular weight excluding hydrogens is 621 g/mol. The molecule has 0 bridgehead atoms. The van der Waals surface area contributed by atoms with E-state index in [-0.39, 0.29) is 6.17 Å². The van der Waals surface area contributed by atoms with Crippen LogP contribution in [0.4, 0.5) is 11.4 Å². The molecule has 0 radical (unpaired) electrons. The van der Waals surface area contributed by atoms with Gasteiger partial charge in [0.15, 0.2) is 0 Å². The van der Waals surface area contributed by atoms with Crippen molar-refractivity contribution in [2.75, 3.05) is 17.3 Å². The van der Waals surface area contributed by atoms with Gasteiger partial charge in [0.2, 0.25) is 0 Å². The van der Waals surface area contributed by atoms with E-state index in [1.54, 1.807) is 6.08 Å². The Morgan fingerprint density at radius 2 is 1.18 bits per heavy atom. The van der Waals surface area contributed by atoms with Crippen LogP contribution in [0.15, 0.2) is 176 Å². The summed E-state index contributed by atoms with van der Waals surface area (Å²) in [6.45, 7) is 5.25. The molecule has 0 saturated heterocycles. The molecule has 9 aromatic rings. The molecule has 10 rings (SSSR count). The summed E-state index contributed by atoms with van der Waals surface area (Å²) in [4.78, 5) is 2.34. The second-order valence-electron chi connectivity index (χ2n) is 13.2. The molecule has 2 aromatic heterocycles. The van der Waals surface area contributed by atoms with Crippen molar-refractivity contribution in [1.29, 1.82) is 0 Å². The lowest BCUT2D eigenvalue weighted by atomic mass is 10.0. The second kappa shape index (κ2) is 12.4. The van der Waals surface area contributed by atoms with Crippen molar-refractivity contribution in [3.63, 3.8) is 0 Å². The van der Waals surface area contributed by atoms with Crippen molar-refractivity contribution in [2.24, 2.45) is 0 Å². The van der Waals surface area contributed by atoms with Gasteiger partial charge in [-0.2, -0.15) is 0 Å². The Morgan fingerprint density at radius 1 is 0.549 bits per heavy atom. The molecule has 0 saturated carbocycles. The molecule has 3 heterocycles. The number of allylic oxidation sites excluding steroid dienone is 1. The lowest BCUT2D eigenvalue weighted by molar-refractivity contribution is 0.792. The van der Waals surface area contributed by atoms with Crippen LogP contribution in [0.5, 0.6) is 0 Å². The molecule has 1 atom stereocenters. The third-order valence-electron chi connectivity index (χ3n) is 10.1. The molecule has 1 aliphatic rings. The van der Waals surface area contributed by atoms with E-state index in [9.17, 15) is 0 Å². The topological polar surface area (TPSA) is 25.1 Å². The van der Waals surface area contributed by atoms with Crippen molar-refractivity contribution < 1.29 is 0 Å². The van der Waals surface area contributed by atoms with E-state index < -0.39 is 0 Å². The predicted octanol–water partition coefficient (Wildman–Crippen LogP) is 12.3. The van der Waals surface area contributed by atoms with Gasteiger partial charge in [0.25, 0.3) is 0 Å². The molecule has 4 nitrogen and oxygen atoms in total. The molecule has 51 heavy (non-hydrogen) atoms. The highest BCUT2D eigenvalue weighted by Gasteiger charge is 2.27. The first kappa shape index (κ1) is 30.5. The monoisotopic (exact) mass is 658 g/mol. The number of rotatable bonds is 4. The van der Waals surface area contributed by atoms with E-state index in [0.29, 0.717) is 0 Å². The van der Waals surface area contributed by atoms with Gasteiger partial charge in [-0.05, 0) is 78.2 Å². The summed E-state index contributed by atoms with van der Waals surface area (Å²) in [5.41, 5.74) is 13.2. The lowest BCUT2D eigenvalue weighted by Gasteiger charge is -2.22. The maximum Gasteiger partial charge on any atom is 0.125 e. The first-order chi connectivity index (χ1) is 25.2. The molecular formula is C47H38N4. The van der Waals surface area contributed by atoms with Gasteiger partial charge in [-0.1, -0.05) is 115 Å². The number of aromatic nitrogens is 2. The number of nitrogens with zero attached hydrogens (tertiary/aromatic N) is 3. The van der Waals surface area contributed by atoms with Crippen molar-refractivity contribution in [3.8, 4) is 22.5 Å². The molecule has 246 valence electrons. The van der Waals surface area contributed by atoms with Crippen molar-refractivity contribution in [2.45, 2.75) is 13.1 Å². The summed E-state index contributed by atoms with van der Waals surface area (Å²) in [7, 11) is 2.17. The first-order valence-corrected chi connectivity index (χ1v) is 17.5. The van der Waals surface area contributed by atoms with Gasteiger partial charge in [-0.3, -0.25) is 0 Å². The molecule has 1 N–H and O–H groups in total. The smallest absolute Gasteiger partial charge is 0.125 e. The first-order valence-electron chi connectivity index (χ1n) is 17.5. The van der Waals surface area contributed by atoms with Crippen LogP contribution in [0.2, 0.25) is 0 Å². The zero-order chi connectivity index (χ0) is 34.5. The highest BCUT2D eigenvalue weighted by Crippen LogP contribution is 2.44. The number of hydrogen-bond donors (Lipinski definition) is 1. The van der Waals surface area contributed by atoms with Gasteiger partial charge in [0.05, 0.1) is 33.4 Å². The SMILES string of the molecule is C=CC.CN1c2cc(-c3cccc(-n4c5ccccc5c5c4ccc4c6ccccc6n(-c6ccccc6)c45)c3)ccc2NC1c1ccccc1. The Kier molecular flexibility index (Phi) is 7.44. The number of anilines is 2. The van der Waals surface area contributed by atoms with E-state index in [1.165, 1.54) is 71.7 Å².